The molecule has 2 aromatic rings. The first-order valence-corrected chi connectivity index (χ1v) is 8.78. The van der Waals surface area contributed by atoms with Crippen LogP contribution in [0.25, 0.3) is 6.08 Å². The summed E-state index contributed by atoms with van der Waals surface area (Å²) in [5.41, 5.74) is -0.480. The van der Waals surface area contributed by atoms with Gasteiger partial charge < -0.3 is 0 Å². The predicted octanol–water partition coefficient (Wildman–Crippen LogP) is 2.99. The molecule has 0 aliphatic carbocycles. The van der Waals surface area contributed by atoms with Gasteiger partial charge in [0.25, 0.3) is 15.9 Å². The lowest BCUT2D eigenvalue weighted by Crippen LogP contribution is -2.29. The summed E-state index contributed by atoms with van der Waals surface area (Å²) in [4.78, 5) is 15.3. The summed E-state index contributed by atoms with van der Waals surface area (Å²) in [6.45, 7) is 1.77. The number of carbonyl (C=O) groups excluding carboxylic acids is 1. The van der Waals surface area contributed by atoms with Crippen molar-refractivity contribution in [2.24, 2.45) is 0 Å². The number of alkyl halides is 3. The molecule has 0 fully saturated rings. The van der Waals surface area contributed by atoms with Crippen LogP contribution in [0.15, 0.2) is 40.6 Å². The van der Waals surface area contributed by atoms with Gasteiger partial charge in [-0.1, -0.05) is 0 Å². The highest BCUT2D eigenvalue weighted by Gasteiger charge is 2.30. The third kappa shape index (κ3) is 4.65. The van der Waals surface area contributed by atoms with Gasteiger partial charge in [0.15, 0.2) is 0 Å². The minimum Gasteiger partial charge on any atom is -0.269 e. The van der Waals surface area contributed by atoms with Gasteiger partial charge in [0, 0.05) is 11.5 Å². The molecule has 0 bridgehead atoms. The quantitative estimate of drug-likeness (QED) is 0.833. The molecule has 0 atom stereocenters. The fourth-order valence-electron chi connectivity index (χ4n) is 1.67. The molecule has 24 heavy (non-hydrogen) atoms. The van der Waals surface area contributed by atoms with Crippen molar-refractivity contribution >= 4 is 33.3 Å². The predicted molar refractivity (Wildman–Crippen MR) is 82.7 cm³/mol. The highest BCUT2D eigenvalue weighted by atomic mass is 32.2. The van der Waals surface area contributed by atoms with Gasteiger partial charge in [0.05, 0.1) is 21.2 Å². The zero-order chi connectivity index (χ0) is 18.0. The van der Waals surface area contributed by atoms with E-state index in [2.05, 4.69) is 4.98 Å². The number of nitrogens with zero attached hydrogens (tertiary/aromatic N) is 1. The second-order valence-electron chi connectivity index (χ2n) is 4.62. The molecule has 0 saturated carbocycles. The number of carbonyl (C=O) groups is 1. The van der Waals surface area contributed by atoms with Crippen LogP contribution in [0.1, 0.15) is 16.3 Å². The average Bonchev–Trinajstić information content (AvgIpc) is 2.90. The van der Waals surface area contributed by atoms with Gasteiger partial charge in [0.2, 0.25) is 0 Å². The number of sulfonamides is 1. The Labute approximate surface area is 139 Å². The van der Waals surface area contributed by atoms with Crippen molar-refractivity contribution in [3.8, 4) is 0 Å². The Kier molecular flexibility index (Phi) is 5.09. The van der Waals surface area contributed by atoms with Crippen LogP contribution in [0, 0.1) is 6.92 Å². The van der Waals surface area contributed by atoms with Crippen LogP contribution in [0.5, 0.6) is 0 Å². The van der Waals surface area contributed by atoms with Crippen LogP contribution in [0.2, 0.25) is 0 Å². The molecule has 0 radical (unpaired) electrons. The van der Waals surface area contributed by atoms with Crippen molar-refractivity contribution in [3.05, 3.63) is 52.0 Å². The number of aryl methyl sites for hydroxylation is 1. The lowest BCUT2D eigenvalue weighted by molar-refractivity contribution is -0.137. The SMILES string of the molecule is Cc1nc(C=CC(=O)NS(=O)(=O)c2ccc(C(F)(F)F)cc2)cs1. The molecule has 1 heterocycles. The molecule has 0 aliphatic rings. The van der Waals surface area contributed by atoms with Crippen LogP contribution in [0.4, 0.5) is 13.2 Å². The smallest absolute Gasteiger partial charge is 0.269 e. The molecule has 1 amide bonds. The number of aromatic nitrogens is 1. The number of rotatable bonds is 4. The Hall–Kier alpha value is -2.20. The molecule has 2 rings (SSSR count). The zero-order valence-electron chi connectivity index (χ0n) is 12.2. The Balaban J connectivity index is 2.10. The van der Waals surface area contributed by atoms with E-state index in [1.54, 1.807) is 17.0 Å². The number of nitrogens with one attached hydrogen (secondary N) is 1. The van der Waals surface area contributed by atoms with Gasteiger partial charge in [-0.05, 0) is 37.3 Å². The maximum atomic E-state index is 12.5. The number of benzene rings is 1. The maximum Gasteiger partial charge on any atom is 0.416 e. The van der Waals surface area contributed by atoms with Crippen LogP contribution in [-0.2, 0) is 21.0 Å². The van der Waals surface area contributed by atoms with Gasteiger partial charge in [0.1, 0.15) is 0 Å². The lowest BCUT2D eigenvalue weighted by atomic mass is 10.2. The first kappa shape index (κ1) is 18.1. The highest BCUT2D eigenvalue weighted by Crippen LogP contribution is 2.29. The minimum atomic E-state index is -4.57. The topological polar surface area (TPSA) is 76.1 Å². The summed E-state index contributed by atoms with van der Waals surface area (Å²) in [6, 6.07) is 2.83. The summed E-state index contributed by atoms with van der Waals surface area (Å²) in [5, 5.41) is 2.47. The Morgan fingerprint density at radius 1 is 1.25 bits per heavy atom. The van der Waals surface area contributed by atoms with Gasteiger partial charge in [-0.3, -0.25) is 4.79 Å². The van der Waals surface area contributed by atoms with E-state index in [0.717, 1.165) is 23.2 Å². The maximum absolute atomic E-state index is 12.5. The second kappa shape index (κ2) is 6.73. The van der Waals surface area contributed by atoms with Crippen molar-refractivity contribution < 1.29 is 26.4 Å². The number of hydrogen-bond donors (Lipinski definition) is 1. The highest BCUT2D eigenvalue weighted by molar-refractivity contribution is 7.90. The number of hydrogen-bond acceptors (Lipinski definition) is 5. The van der Waals surface area contributed by atoms with E-state index in [0.29, 0.717) is 17.8 Å². The summed E-state index contributed by atoms with van der Waals surface area (Å²) in [5.74, 6) is -0.930. The van der Waals surface area contributed by atoms with Gasteiger partial charge in [-0.15, -0.1) is 11.3 Å². The fraction of sp³-hybridized carbons (Fsp3) is 0.143. The summed E-state index contributed by atoms with van der Waals surface area (Å²) in [7, 11) is -4.26. The van der Waals surface area contributed by atoms with E-state index in [4.69, 9.17) is 0 Å². The molecule has 128 valence electrons. The summed E-state index contributed by atoms with van der Waals surface area (Å²) < 4.78 is 63.0. The number of thiazole rings is 1. The molecule has 5 nitrogen and oxygen atoms in total. The lowest BCUT2D eigenvalue weighted by Gasteiger charge is -2.08. The molecule has 10 heteroatoms. The molecule has 1 aromatic carbocycles. The van der Waals surface area contributed by atoms with Crippen molar-refractivity contribution in [1.82, 2.24) is 9.71 Å². The minimum absolute atomic E-state index is 0.443. The standard InChI is InChI=1S/C14H11F3N2O3S2/c1-9-18-11(8-23-9)4-7-13(20)19-24(21,22)12-5-2-10(3-6-12)14(15,16)17/h2-8H,1H3,(H,19,20). The molecule has 0 aliphatic heterocycles. The van der Waals surface area contributed by atoms with E-state index in [1.165, 1.54) is 17.4 Å². The Morgan fingerprint density at radius 2 is 1.88 bits per heavy atom. The van der Waals surface area contributed by atoms with Gasteiger partial charge >= 0.3 is 6.18 Å². The molecule has 0 spiro atoms. The number of amides is 1. The normalized spacial score (nSPS) is 12.5. The van der Waals surface area contributed by atoms with Gasteiger partial charge in [-0.25, -0.2) is 18.1 Å². The van der Waals surface area contributed by atoms with Crippen LogP contribution < -0.4 is 4.72 Å². The molecule has 0 saturated heterocycles. The Bertz CT molecular complexity index is 869. The molecule has 1 aromatic heterocycles. The van der Waals surface area contributed by atoms with Crippen molar-refractivity contribution in [1.29, 1.82) is 0 Å². The van der Waals surface area contributed by atoms with E-state index in [-0.39, 0.29) is 0 Å². The van der Waals surface area contributed by atoms with Crippen molar-refractivity contribution in [3.63, 3.8) is 0 Å². The van der Waals surface area contributed by atoms with Crippen LogP contribution in [-0.4, -0.2) is 19.3 Å². The first-order chi connectivity index (χ1) is 11.1. The average molecular weight is 376 g/mol. The van der Waals surface area contributed by atoms with E-state index < -0.39 is 32.6 Å². The molecule has 1 N–H and O–H groups in total. The van der Waals surface area contributed by atoms with Crippen molar-refractivity contribution in [2.75, 3.05) is 0 Å². The molecular formula is C14H11F3N2O3S2. The third-order valence-corrected chi connectivity index (χ3v) is 4.92. The Morgan fingerprint density at radius 3 is 2.38 bits per heavy atom. The molecule has 0 unspecified atom stereocenters. The van der Waals surface area contributed by atoms with Crippen LogP contribution in [0.3, 0.4) is 0 Å². The molecular weight excluding hydrogens is 365 g/mol. The first-order valence-electron chi connectivity index (χ1n) is 6.42. The summed E-state index contributed by atoms with van der Waals surface area (Å²) >= 11 is 1.37. The van der Waals surface area contributed by atoms with Crippen LogP contribution >= 0.6 is 11.3 Å². The second-order valence-corrected chi connectivity index (χ2v) is 7.36. The van der Waals surface area contributed by atoms with Gasteiger partial charge in [-0.2, -0.15) is 13.2 Å². The monoisotopic (exact) mass is 376 g/mol. The largest absolute Gasteiger partial charge is 0.416 e. The third-order valence-electron chi connectivity index (χ3n) is 2.77. The summed E-state index contributed by atoms with van der Waals surface area (Å²) in [6.07, 6.45) is -2.25. The number of halogens is 3. The van der Waals surface area contributed by atoms with E-state index >= 15 is 0 Å². The van der Waals surface area contributed by atoms with Crippen molar-refractivity contribution in [2.45, 2.75) is 18.0 Å². The fourth-order valence-corrected chi connectivity index (χ4v) is 3.19. The van der Waals surface area contributed by atoms with E-state index in [9.17, 15) is 26.4 Å². The van der Waals surface area contributed by atoms with E-state index in [1.807, 2.05) is 0 Å². The zero-order valence-corrected chi connectivity index (χ0v) is 13.8.